The third kappa shape index (κ3) is 8.04. The Kier molecular flexibility index (Phi) is 5.31. The second-order valence-corrected chi connectivity index (χ2v) is 5.25. The van der Waals surface area contributed by atoms with Gasteiger partial charge in [-0.25, -0.2) is 0 Å². The van der Waals surface area contributed by atoms with Gasteiger partial charge < -0.3 is 4.90 Å². The molecule has 0 N–H and O–H groups in total. The molecule has 0 rings (SSSR count). The lowest BCUT2D eigenvalue weighted by molar-refractivity contribution is 0.363. The highest BCUT2D eigenvalue weighted by atomic mass is 15.0. The van der Waals surface area contributed by atoms with Crippen molar-refractivity contribution in [3.63, 3.8) is 0 Å². The lowest BCUT2D eigenvalue weighted by Crippen LogP contribution is -2.14. The first-order valence-corrected chi connectivity index (χ1v) is 5.16. The Labute approximate surface area is 83.8 Å². The molecular formula is C12H25N. The lowest BCUT2D eigenvalue weighted by atomic mass is 9.84. The zero-order valence-corrected chi connectivity index (χ0v) is 10.1. The van der Waals surface area contributed by atoms with Gasteiger partial charge in [-0.05, 0) is 31.8 Å². The molecule has 0 aliphatic rings. The van der Waals surface area contributed by atoms with Gasteiger partial charge in [0.2, 0.25) is 0 Å². The predicted molar refractivity (Wildman–Crippen MR) is 60.9 cm³/mol. The van der Waals surface area contributed by atoms with Gasteiger partial charge in [-0.1, -0.05) is 39.8 Å². The average Bonchev–Trinajstić information content (AvgIpc) is 1.81. The van der Waals surface area contributed by atoms with E-state index in [1.54, 1.807) is 0 Å². The SMILES string of the molecule is CC(C)CC(C)(C)/C=C\CN(C)C. The molecule has 1 nitrogen and oxygen atoms in total. The zero-order valence-electron chi connectivity index (χ0n) is 10.1. The molecule has 0 atom stereocenters. The molecule has 0 fully saturated rings. The van der Waals surface area contributed by atoms with Crippen LogP contribution >= 0.6 is 0 Å². The van der Waals surface area contributed by atoms with Crippen LogP contribution in [0.2, 0.25) is 0 Å². The van der Waals surface area contributed by atoms with Crippen molar-refractivity contribution in [3.05, 3.63) is 12.2 Å². The van der Waals surface area contributed by atoms with Crippen molar-refractivity contribution < 1.29 is 0 Å². The Bertz CT molecular complexity index is 155. The summed E-state index contributed by atoms with van der Waals surface area (Å²) in [6.45, 7) is 10.2. The molecule has 0 aromatic heterocycles. The van der Waals surface area contributed by atoms with Crippen LogP contribution in [0, 0.1) is 11.3 Å². The Hall–Kier alpha value is -0.300. The maximum Gasteiger partial charge on any atom is 0.0157 e. The summed E-state index contributed by atoms with van der Waals surface area (Å²) >= 11 is 0. The maximum absolute atomic E-state index is 2.34. The number of likely N-dealkylation sites (N-methyl/N-ethyl adjacent to an activating group) is 1. The molecule has 0 heterocycles. The first-order valence-electron chi connectivity index (χ1n) is 5.16. The van der Waals surface area contributed by atoms with E-state index in [0.717, 1.165) is 12.5 Å². The van der Waals surface area contributed by atoms with E-state index in [4.69, 9.17) is 0 Å². The summed E-state index contributed by atoms with van der Waals surface area (Å²) in [7, 11) is 4.19. The molecule has 13 heavy (non-hydrogen) atoms. The molecule has 0 aliphatic carbocycles. The van der Waals surface area contributed by atoms with Gasteiger partial charge in [-0.3, -0.25) is 0 Å². The van der Waals surface area contributed by atoms with Crippen molar-refractivity contribution in [2.45, 2.75) is 34.1 Å². The van der Waals surface area contributed by atoms with E-state index >= 15 is 0 Å². The second-order valence-electron chi connectivity index (χ2n) is 5.25. The van der Waals surface area contributed by atoms with Crippen LogP contribution in [0.5, 0.6) is 0 Å². The second kappa shape index (κ2) is 5.43. The molecule has 0 unspecified atom stereocenters. The minimum Gasteiger partial charge on any atom is -0.306 e. The fourth-order valence-electron chi connectivity index (χ4n) is 1.70. The van der Waals surface area contributed by atoms with Crippen LogP contribution in [-0.4, -0.2) is 25.5 Å². The first-order chi connectivity index (χ1) is 5.83. The van der Waals surface area contributed by atoms with Gasteiger partial charge in [0.15, 0.2) is 0 Å². The minimum atomic E-state index is 0.351. The van der Waals surface area contributed by atoms with E-state index in [2.05, 4.69) is 58.8 Å². The van der Waals surface area contributed by atoms with Gasteiger partial charge in [0.1, 0.15) is 0 Å². The molecule has 0 spiro atoms. The van der Waals surface area contributed by atoms with E-state index in [1.165, 1.54) is 6.42 Å². The summed E-state index contributed by atoms with van der Waals surface area (Å²) in [4.78, 5) is 2.18. The Morgan fingerprint density at radius 3 is 2.15 bits per heavy atom. The number of hydrogen-bond donors (Lipinski definition) is 0. The Morgan fingerprint density at radius 1 is 1.23 bits per heavy atom. The van der Waals surface area contributed by atoms with Crippen LogP contribution in [0.15, 0.2) is 12.2 Å². The summed E-state index contributed by atoms with van der Waals surface area (Å²) in [6.07, 6.45) is 5.87. The third-order valence-electron chi connectivity index (χ3n) is 1.97. The highest BCUT2D eigenvalue weighted by Gasteiger charge is 2.14. The molecule has 0 aromatic rings. The van der Waals surface area contributed by atoms with Crippen LogP contribution in [0.4, 0.5) is 0 Å². The van der Waals surface area contributed by atoms with Crippen molar-refractivity contribution in [2.75, 3.05) is 20.6 Å². The van der Waals surface area contributed by atoms with E-state index in [9.17, 15) is 0 Å². The van der Waals surface area contributed by atoms with Crippen LogP contribution < -0.4 is 0 Å². The summed E-state index contributed by atoms with van der Waals surface area (Å²) in [5, 5.41) is 0. The highest BCUT2D eigenvalue weighted by molar-refractivity contribution is 4.96. The summed E-state index contributed by atoms with van der Waals surface area (Å²) in [5.74, 6) is 0.777. The van der Waals surface area contributed by atoms with Crippen LogP contribution in [0.1, 0.15) is 34.1 Å². The molecule has 0 saturated carbocycles. The fourth-order valence-corrected chi connectivity index (χ4v) is 1.70. The van der Waals surface area contributed by atoms with Crippen LogP contribution in [0.25, 0.3) is 0 Å². The topological polar surface area (TPSA) is 3.24 Å². The van der Waals surface area contributed by atoms with Crippen molar-refractivity contribution in [2.24, 2.45) is 11.3 Å². The van der Waals surface area contributed by atoms with Gasteiger partial charge in [-0.2, -0.15) is 0 Å². The molecule has 0 bridgehead atoms. The normalized spacial score (nSPS) is 13.5. The molecule has 1 heteroatoms. The monoisotopic (exact) mass is 183 g/mol. The van der Waals surface area contributed by atoms with Gasteiger partial charge >= 0.3 is 0 Å². The van der Waals surface area contributed by atoms with Crippen LogP contribution in [-0.2, 0) is 0 Å². The predicted octanol–water partition coefficient (Wildman–Crippen LogP) is 3.18. The quantitative estimate of drug-likeness (QED) is 0.592. The number of hydrogen-bond acceptors (Lipinski definition) is 1. The first kappa shape index (κ1) is 12.7. The van der Waals surface area contributed by atoms with E-state index in [-0.39, 0.29) is 0 Å². The van der Waals surface area contributed by atoms with Crippen molar-refractivity contribution >= 4 is 0 Å². The number of allylic oxidation sites excluding steroid dienone is 1. The van der Waals surface area contributed by atoms with Gasteiger partial charge in [-0.15, -0.1) is 0 Å². The largest absolute Gasteiger partial charge is 0.306 e. The van der Waals surface area contributed by atoms with E-state index < -0.39 is 0 Å². The van der Waals surface area contributed by atoms with Crippen molar-refractivity contribution in [1.29, 1.82) is 0 Å². The van der Waals surface area contributed by atoms with Gasteiger partial charge in [0, 0.05) is 6.54 Å². The molecule has 78 valence electrons. The zero-order chi connectivity index (χ0) is 10.5. The smallest absolute Gasteiger partial charge is 0.0157 e. The van der Waals surface area contributed by atoms with E-state index in [1.807, 2.05) is 0 Å². The molecule has 0 amide bonds. The fraction of sp³-hybridized carbons (Fsp3) is 0.833. The molecule has 0 aromatic carbocycles. The molecule has 0 aliphatic heterocycles. The van der Waals surface area contributed by atoms with Crippen LogP contribution in [0.3, 0.4) is 0 Å². The lowest BCUT2D eigenvalue weighted by Gasteiger charge is -2.22. The number of rotatable bonds is 5. The number of nitrogens with zero attached hydrogens (tertiary/aromatic N) is 1. The van der Waals surface area contributed by atoms with Crippen molar-refractivity contribution in [3.8, 4) is 0 Å². The molecular weight excluding hydrogens is 158 g/mol. The van der Waals surface area contributed by atoms with Crippen molar-refractivity contribution in [1.82, 2.24) is 4.90 Å². The molecule has 0 saturated heterocycles. The van der Waals surface area contributed by atoms with Gasteiger partial charge in [0.25, 0.3) is 0 Å². The standard InChI is InChI=1S/C12H25N/c1-11(2)10-12(3,4)8-7-9-13(5)6/h7-8,11H,9-10H2,1-6H3/b8-7-. The highest BCUT2D eigenvalue weighted by Crippen LogP contribution is 2.26. The van der Waals surface area contributed by atoms with Gasteiger partial charge in [0.05, 0.1) is 0 Å². The molecule has 0 radical (unpaired) electrons. The Balaban J connectivity index is 3.93. The summed E-state index contributed by atoms with van der Waals surface area (Å²) in [5.41, 5.74) is 0.351. The summed E-state index contributed by atoms with van der Waals surface area (Å²) < 4.78 is 0. The minimum absolute atomic E-state index is 0.351. The average molecular weight is 183 g/mol. The maximum atomic E-state index is 2.34. The third-order valence-corrected chi connectivity index (χ3v) is 1.97. The Morgan fingerprint density at radius 2 is 1.77 bits per heavy atom. The summed E-state index contributed by atoms with van der Waals surface area (Å²) in [6, 6.07) is 0. The van der Waals surface area contributed by atoms with E-state index in [0.29, 0.717) is 5.41 Å².